The molecule has 0 radical (unpaired) electrons. The molecule has 0 fully saturated rings. The van der Waals surface area contributed by atoms with E-state index in [1.165, 1.54) is 79.3 Å². The third kappa shape index (κ3) is 20.1. The zero-order valence-electron chi connectivity index (χ0n) is 38.6. The SMILES string of the molecule is C.C.CC(C)(C)[S@@](=O)N[C@@H](c1ccc2cnc(Cl)cc2c1)C(F)(F)F.CC(C)(C)[S@@](=O)N[C@H](c1ccc2cnc(Cl)cc2c1)C(F)(F)F.CC(C)(C)[S@](N)=O.O=C(c1ccc2cnc(Cl)cc2c1)C(F)(F)F. The summed E-state index contributed by atoms with van der Waals surface area (Å²) in [6.45, 7) is 15.1. The van der Waals surface area contributed by atoms with Crippen molar-refractivity contribution in [2.45, 2.75) is 122 Å². The van der Waals surface area contributed by atoms with Gasteiger partial charge >= 0.3 is 18.5 Å². The lowest BCUT2D eigenvalue weighted by Crippen LogP contribution is -2.41. The van der Waals surface area contributed by atoms with Crippen LogP contribution in [0, 0.1) is 0 Å². The number of nitrogens with two attached hydrogens (primary N) is 1. The summed E-state index contributed by atoms with van der Waals surface area (Å²) < 4.78 is 154. The number of hydrogen-bond donors (Lipinski definition) is 3. The summed E-state index contributed by atoms with van der Waals surface area (Å²) in [5.74, 6) is -1.87. The van der Waals surface area contributed by atoms with Crippen LogP contribution in [-0.4, -0.2) is 66.1 Å². The number of fused-ring (bicyclic) bond motifs is 3. The molecule has 400 valence electrons. The number of Topliss-reactive ketones (excluding diaryl/α,β-unsaturated/α-hetero) is 1. The topological polar surface area (TPSA) is 157 Å². The minimum atomic E-state index is -4.87. The van der Waals surface area contributed by atoms with Gasteiger partial charge in [-0.25, -0.2) is 37.0 Å². The smallest absolute Gasteiger partial charge is 0.284 e. The van der Waals surface area contributed by atoms with Gasteiger partial charge in [-0.2, -0.15) is 39.5 Å². The van der Waals surface area contributed by atoms with Crippen molar-refractivity contribution in [3.63, 3.8) is 0 Å². The molecule has 3 aromatic heterocycles. The number of aromatic nitrogens is 3. The van der Waals surface area contributed by atoms with Crippen molar-refractivity contribution in [1.29, 1.82) is 0 Å². The summed E-state index contributed by atoms with van der Waals surface area (Å²) in [7, 11) is -4.90. The first-order valence-corrected chi connectivity index (χ1v) is 24.9. The van der Waals surface area contributed by atoms with Crippen molar-refractivity contribution in [1.82, 2.24) is 24.4 Å². The van der Waals surface area contributed by atoms with E-state index < -0.39 is 84.4 Å². The van der Waals surface area contributed by atoms with Crippen molar-refractivity contribution in [2.75, 3.05) is 0 Å². The Hall–Kier alpha value is -3.87. The Bertz CT molecular complexity index is 2750. The first kappa shape index (κ1) is 66.1. The molecule has 6 rings (SSSR count). The third-order valence-electron chi connectivity index (χ3n) is 9.12. The molecule has 10 nitrogen and oxygen atoms in total. The Balaban J connectivity index is 0.000000504. The van der Waals surface area contributed by atoms with Crippen LogP contribution in [-0.2, 0) is 33.0 Å². The van der Waals surface area contributed by atoms with E-state index in [0.29, 0.717) is 32.3 Å². The molecular weight excluding hydrogens is 1090 g/mol. The van der Waals surface area contributed by atoms with Gasteiger partial charge in [0.15, 0.2) is 0 Å². The van der Waals surface area contributed by atoms with Crippen LogP contribution in [0.4, 0.5) is 39.5 Å². The second-order valence-corrected chi connectivity index (χ2v) is 25.0. The predicted molar refractivity (Wildman–Crippen MR) is 276 cm³/mol. The normalized spacial score (nSPS) is 14.4. The highest BCUT2D eigenvalue weighted by Gasteiger charge is 2.44. The number of rotatable bonds is 7. The molecule has 72 heavy (non-hydrogen) atoms. The van der Waals surface area contributed by atoms with Crippen molar-refractivity contribution in [3.8, 4) is 0 Å². The van der Waals surface area contributed by atoms with Crippen LogP contribution in [0.2, 0.25) is 15.5 Å². The maximum absolute atomic E-state index is 13.4. The summed E-state index contributed by atoms with van der Waals surface area (Å²) in [6.07, 6.45) is -9.61. The van der Waals surface area contributed by atoms with Gasteiger partial charge in [-0.3, -0.25) is 9.93 Å². The number of carbonyl (C=O) groups excluding carboxylic acids is 1. The fourth-order valence-corrected chi connectivity index (χ4v) is 7.43. The molecule has 3 aromatic carbocycles. The van der Waals surface area contributed by atoms with Crippen LogP contribution in [0.5, 0.6) is 0 Å². The van der Waals surface area contributed by atoms with Crippen LogP contribution in [0.25, 0.3) is 32.3 Å². The Morgan fingerprint density at radius 3 is 1.06 bits per heavy atom. The number of hydrogen-bond acceptors (Lipinski definition) is 7. The maximum Gasteiger partial charge on any atom is 0.454 e. The van der Waals surface area contributed by atoms with Gasteiger partial charge < -0.3 is 0 Å². The Morgan fingerprint density at radius 1 is 0.500 bits per heavy atom. The summed E-state index contributed by atoms with van der Waals surface area (Å²) in [6, 6.07) is 12.5. The molecule has 0 spiro atoms. The molecule has 6 aromatic rings. The van der Waals surface area contributed by atoms with Gasteiger partial charge in [0.25, 0.3) is 5.78 Å². The van der Waals surface area contributed by atoms with Crippen LogP contribution in [0.1, 0.15) is 111 Å². The average Bonchev–Trinajstić information content (AvgIpc) is 3.22. The Morgan fingerprint density at radius 2 is 0.792 bits per heavy atom. The molecule has 0 bridgehead atoms. The molecule has 25 heteroatoms. The summed E-state index contributed by atoms with van der Waals surface area (Å²) in [4.78, 5) is 22.6. The molecule has 0 aliphatic carbocycles. The Kier molecular flexibility index (Phi) is 23.9. The summed E-state index contributed by atoms with van der Waals surface area (Å²) >= 11 is 17.2. The number of benzene rings is 3. The number of nitrogens with zero attached hydrogens (tertiary/aromatic N) is 3. The van der Waals surface area contributed by atoms with Gasteiger partial charge in [-0.05, 0) is 126 Å². The minimum absolute atomic E-state index is 0. The number of halogens is 12. The number of pyridine rings is 3. The monoisotopic (exact) mass is 1140 g/mol. The molecular formula is C47H56Cl3F9N6O4S3. The van der Waals surface area contributed by atoms with Crippen LogP contribution in [0.15, 0.2) is 91.4 Å². The van der Waals surface area contributed by atoms with Crippen molar-refractivity contribution >= 4 is 106 Å². The van der Waals surface area contributed by atoms with Gasteiger partial charge in [-0.1, -0.05) is 86.1 Å². The molecule has 0 saturated heterocycles. The predicted octanol–water partition coefficient (Wildman–Crippen LogP) is 14.4. The molecule has 0 aliphatic heterocycles. The second-order valence-electron chi connectivity index (χ2n) is 18.0. The van der Waals surface area contributed by atoms with E-state index in [9.17, 15) is 56.9 Å². The highest BCUT2D eigenvalue weighted by molar-refractivity contribution is 7.84. The van der Waals surface area contributed by atoms with Gasteiger partial charge in [0.1, 0.15) is 27.5 Å². The van der Waals surface area contributed by atoms with E-state index >= 15 is 0 Å². The highest BCUT2D eigenvalue weighted by atomic mass is 35.5. The van der Waals surface area contributed by atoms with Crippen LogP contribution in [0.3, 0.4) is 0 Å². The molecule has 0 unspecified atom stereocenters. The third-order valence-corrected chi connectivity index (χ3v) is 14.1. The van der Waals surface area contributed by atoms with E-state index in [-0.39, 0.29) is 46.2 Å². The maximum atomic E-state index is 13.4. The number of alkyl halides is 9. The van der Waals surface area contributed by atoms with Gasteiger partial charge in [0.2, 0.25) is 0 Å². The van der Waals surface area contributed by atoms with E-state index in [1.54, 1.807) is 41.5 Å². The van der Waals surface area contributed by atoms with Crippen molar-refractivity contribution in [3.05, 3.63) is 124 Å². The number of ketones is 1. The highest BCUT2D eigenvalue weighted by Crippen LogP contribution is 2.37. The fraction of sp³-hybridized carbons (Fsp3) is 0.404. The lowest BCUT2D eigenvalue weighted by Gasteiger charge is -2.26. The average molecular weight is 1140 g/mol. The Labute approximate surface area is 435 Å². The number of nitrogens with one attached hydrogen (secondary N) is 2. The zero-order chi connectivity index (χ0) is 53.5. The largest absolute Gasteiger partial charge is 0.454 e. The molecule has 3 heterocycles. The van der Waals surface area contributed by atoms with Gasteiger partial charge in [0, 0.05) is 40.3 Å². The van der Waals surface area contributed by atoms with Crippen molar-refractivity contribution < 1.29 is 56.9 Å². The second kappa shape index (κ2) is 26.1. The lowest BCUT2D eigenvalue weighted by atomic mass is 10.0. The molecule has 0 amide bonds. The van der Waals surface area contributed by atoms with Crippen LogP contribution < -0.4 is 14.6 Å². The van der Waals surface area contributed by atoms with Crippen LogP contribution >= 0.6 is 34.8 Å². The summed E-state index contributed by atoms with van der Waals surface area (Å²) in [5.41, 5.74) is -0.456. The quantitative estimate of drug-likeness (QED) is 0.0816. The van der Waals surface area contributed by atoms with E-state index in [1.807, 2.05) is 20.8 Å². The van der Waals surface area contributed by atoms with E-state index in [4.69, 9.17) is 39.9 Å². The fourth-order valence-electron chi connectivity index (χ4n) is 5.26. The van der Waals surface area contributed by atoms with Gasteiger partial charge in [0.05, 0.1) is 47.2 Å². The van der Waals surface area contributed by atoms with Crippen molar-refractivity contribution in [2.24, 2.45) is 5.14 Å². The number of carbonyl (C=O) groups is 1. The van der Waals surface area contributed by atoms with E-state index in [0.717, 1.165) is 12.1 Å². The van der Waals surface area contributed by atoms with E-state index in [2.05, 4.69) is 24.4 Å². The standard InChI is InChI=1S/2C15H16ClF3N2OS.C11H5ClF3NO.C4H11NOS.2CH4/c2*1-14(2,3)23(22)21-13(15(17,18)19)9-4-5-10-8-20-12(16)7-11(10)6-9;12-9-4-8-3-6(10(17)11(13,14)15)1-2-7(8)5-16-9;1-4(2,3)7(5)6;;/h2*4-8,13,21H,1-3H3;1-5H;5H2,1-3H3;2*1H4/t13-,23+;13-,23-;;7-;;/m01.1../s1. The zero-order valence-corrected chi connectivity index (χ0v) is 43.3. The molecule has 5 atom stereocenters. The first-order chi connectivity index (χ1) is 31.8. The molecule has 0 aliphatic rings. The lowest BCUT2D eigenvalue weighted by molar-refractivity contribution is -0.153. The molecule has 4 N–H and O–H groups in total. The minimum Gasteiger partial charge on any atom is -0.284 e. The first-order valence-electron chi connectivity index (χ1n) is 20.2. The molecule has 0 saturated carbocycles. The summed E-state index contributed by atoms with van der Waals surface area (Å²) in [5, 5.41) is 9.10. The van der Waals surface area contributed by atoms with Gasteiger partial charge in [-0.15, -0.1) is 0 Å².